The standard InChI is InChI=1S/C29H25NO4/c30-26(16-27(31)32)28(24-15-7-9-18-8-1-2-10-19(18)24)29(33)34-17-25-22-13-5-3-11-20(22)21-12-4-6-14-23(21)25/h1-15,25-26,28H,16-17,30H2,(H,31,32)/t26-,28+/m1/s1. The Morgan fingerprint density at radius 2 is 1.41 bits per heavy atom. The molecule has 4 aromatic carbocycles. The molecule has 0 aromatic heterocycles. The molecule has 0 unspecified atom stereocenters. The number of rotatable bonds is 7. The van der Waals surface area contributed by atoms with Gasteiger partial charge in [0.2, 0.25) is 0 Å². The maximum absolute atomic E-state index is 13.5. The number of nitrogens with two attached hydrogens (primary N) is 1. The quantitative estimate of drug-likeness (QED) is 0.383. The lowest BCUT2D eigenvalue weighted by Crippen LogP contribution is -2.37. The molecule has 3 N–H and O–H groups in total. The van der Waals surface area contributed by atoms with Crippen LogP contribution in [0.25, 0.3) is 21.9 Å². The number of carboxylic acid groups (broad SMARTS) is 1. The fraction of sp³-hybridized carbons (Fsp3) is 0.172. The van der Waals surface area contributed by atoms with Gasteiger partial charge in [0.15, 0.2) is 0 Å². The highest BCUT2D eigenvalue weighted by Crippen LogP contribution is 2.44. The first-order valence-electron chi connectivity index (χ1n) is 11.3. The van der Waals surface area contributed by atoms with Gasteiger partial charge in [-0.2, -0.15) is 0 Å². The lowest BCUT2D eigenvalue weighted by Gasteiger charge is -2.24. The van der Waals surface area contributed by atoms with E-state index in [0.717, 1.165) is 33.0 Å². The fourth-order valence-electron chi connectivity index (χ4n) is 5.07. The minimum Gasteiger partial charge on any atom is -0.481 e. The van der Waals surface area contributed by atoms with Crippen molar-refractivity contribution in [2.45, 2.75) is 24.3 Å². The number of carbonyl (C=O) groups excluding carboxylic acids is 1. The van der Waals surface area contributed by atoms with E-state index in [1.165, 1.54) is 0 Å². The molecule has 0 spiro atoms. The van der Waals surface area contributed by atoms with E-state index in [9.17, 15) is 14.7 Å². The van der Waals surface area contributed by atoms with Gasteiger partial charge < -0.3 is 15.6 Å². The van der Waals surface area contributed by atoms with Crippen LogP contribution in [0.5, 0.6) is 0 Å². The van der Waals surface area contributed by atoms with E-state index in [0.29, 0.717) is 5.56 Å². The summed E-state index contributed by atoms with van der Waals surface area (Å²) >= 11 is 0. The van der Waals surface area contributed by atoms with E-state index >= 15 is 0 Å². The van der Waals surface area contributed by atoms with Crippen LogP contribution < -0.4 is 5.73 Å². The number of carboxylic acids is 1. The normalized spacial score (nSPS) is 14.3. The topological polar surface area (TPSA) is 89.6 Å². The number of benzene rings is 4. The summed E-state index contributed by atoms with van der Waals surface area (Å²) in [6.07, 6.45) is -0.335. The second kappa shape index (κ2) is 9.12. The van der Waals surface area contributed by atoms with Gasteiger partial charge in [0.05, 0.1) is 12.3 Å². The second-order valence-corrected chi connectivity index (χ2v) is 8.66. The first kappa shape index (κ1) is 21.9. The predicted octanol–water partition coefficient (Wildman–Crippen LogP) is 5.08. The lowest BCUT2D eigenvalue weighted by atomic mass is 9.86. The Kier molecular flexibility index (Phi) is 5.86. The van der Waals surface area contributed by atoms with Crippen LogP contribution in [0.15, 0.2) is 91.0 Å². The summed E-state index contributed by atoms with van der Waals surface area (Å²) in [6.45, 7) is 0.161. The molecule has 2 atom stereocenters. The fourth-order valence-corrected chi connectivity index (χ4v) is 5.07. The molecule has 5 rings (SSSR count). The Morgan fingerprint density at radius 3 is 2.09 bits per heavy atom. The van der Waals surface area contributed by atoms with E-state index in [1.54, 1.807) is 0 Å². The second-order valence-electron chi connectivity index (χ2n) is 8.66. The maximum Gasteiger partial charge on any atom is 0.315 e. The Morgan fingerprint density at radius 1 is 0.824 bits per heavy atom. The van der Waals surface area contributed by atoms with Crippen molar-refractivity contribution in [3.63, 3.8) is 0 Å². The summed E-state index contributed by atoms with van der Waals surface area (Å²) in [5.41, 5.74) is 11.5. The number of carbonyl (C=O) groups is 2. The van der Waals surface area contributed by atoms with Crippen molar-refractivity contribution < 1.29 is 19.4 Å². The average molecular weight is 452 g/mol. The van der Waals surface area contributed by atoms with Crippen LogP contribution >= 0.6 is 0 Å². The molecule has 1 aliphatic rings. The van der Waals surface area contributed by atoms with Crippen LogP contribution in [-0.4, -0.2) is 29.7 Å². The summed E-state index contributed by atoms with van der Waals surface area (Å²) in [5.74, 6) is -2.54. The minimum atomic E-state index is -1.05. The highest BCUT2D eigenvalue weighted by Gasteiger charge is 2.34. The third kappa shape index (κ3) is 3.95. The zero-order valence-electron chi connectivity index (χ0n) is 18.6. The average Bonchev–Trinajstić information content (AvgIpc) is 3.16. The molecule has 0 saturated carbocycles. The monoisotopic (exact) mass is 451 g/mol. The van der Waals surface area contributed by atoms with Crippen molar-refractivity contribution in [1.82, 2.24) is 0 Å². The first-order chi connectivity index (χ1) is 16.5. The summed E-state index contributed by atoms with van der Waals surface area (Å²) in [5, 5.41) is 11.2. The minimum absolute atomic E-state index is 0.0831. The van der Waals surface area contributed by atoms with Gasteiger partial charge in [-0.25, -0.2) is 0 Å². The van der Waals surface area contributed by atoms with Gasteiger partial charge in [-0.1, -0.05) is 91.0 Å². The van der Waals surface area contributed by atoms with Crippen LogP contribution in [0.4, 0.5) is 0 Å². The SMILES string of the molecule is N[C@H](CC(=O)O)[C@@H](C(=O)OCC1c2ccccc2-c2ccccc21)c1cccc2ccccc12. The van der Waals surface area contributed by atoms with Crippen LogP contribution in [0, 0.1) is 0 Å². The third-order valence-electron chi connectivity index (χ3n) is 6.61. The van der Waals surface area contributed by atoms with Gasteiger partial charge in [0.1, 0.15) is 6.61 Å². The van der Waals surface area contributed by atoms with E-state index in [1.807, 2.05) is 66.7 Å². The Bertz CT molecular complexity index is 1330. The first-order valence-corrected chi connectivity index (χ1v) is 11.3. The third-order valence-corrected chi connectivity index (χ3v) is 6.61. The number of aliphatic carboxylic acids is 1. The molecule has 1 aliphatic carbocycles. The maximum atomic E-state index is 13.5. The van der Waals surface area contributed by atoms with E-state index in [4.69, 9.17) is 10.5 Å². The highest BCUT2D eigenvalue weighted by atomic mass is 16.5. The van der Waals surface area contributed by atoms with Gasteiger partial charge in [0, 0.05) is 12.0 Å². The highest BCUT2D eigenvalue weighted by molar-refractivity contribution is 5.92. The number of fused-ring (bicyclic) bond motifs is 4. The molecular weight excluding hydrogens is 426 g/mol. The van der Waals surface area contributed by atoms with E-state index in [-0.39, 0.29) is 18.9 Å². The molecule has 34 heavy (non-hydrogen) atoms. The summed E-state index contributed by atoms with van der Waals surface area (Å²) < 4.78 is 5.90. The molecule has 0 aliphatic heterocycles. The molecule has 0 radical (unpaired) electrons. The zero-order valence-corrected chi connectivity index (χ0v) is 18.6. The molecule has 4 aromatic rings. The van der Waals surface area contributed by atoms with Crippen molar-refractivity contribution >= 4 is 22.7 Å². The number of hydrogen-bond acceptors (Lipinski definition) is 4. The van der Waals surface area contributed by atoms with Crippen LogP contribution in [0.2, 0.25) is 0 Å². The molecule has 0 heterocycles. The lowest BCUT2D eigenvalue weighted by molar-refractivity contribution is -0.146. The van der Waals surface area contributed by atoms with Gasteiger partial charge in [-0.05, 0) is 38.6 Å². The molecule has 170 valence electrons. The Hall–Kier alpha value is -3.96. The van der Waals surface area contributed by atoms with Gasteiger partial charge in [0.25, 0.3) is 0 Å². The van der Waals surface area contributed by atoms with Gasteiger partial charge in [-0.15, -0.1) is 0 Å². The molecule has 5 nitrogen and oxygen atoms in total. The van der Waals surface area contributed by atoms with Crippen molar-refractivity contribution in [3.8, 4) is 11.1 Å². The molecule has 0 fully saturated rings. The number of esters is 1. The number of hydrogen-bond donors (Lipinski definition) is 2. The largest absolute Gasteiger partial charge is 0.481 e. The predicted molar refractivity (Wildman–Crippen MR) is 132 cm³/mol. The van der Waals surface area contributed by atoms with Crippen LogP contribution in [0.3, 0.4) is 0 Å². The summed E-state index contributed by atoms with van der Waals surface area (Å²) in [4.78, 5) is 24.9. The van der Waals surface area contributed by atoms with Crippen molar-refractivity contribution in [2.75, 3.05) is 6.61 Å². The van der Waals surface area contributed by atoms with Crippen LogP contribution in [0.1, 0.15) is 34.9 Å². The molecule has 0 amide bonds. The van der Waals surface area contributed by atoms with E-state index < -0.39 is 23.9 Å². The number of ether oxygens (including phenoxy) is 1. The van der Waals surface area contributed by atoms with Gasteiger partial charge >= 0.3 is 11.9 Å². The summed E-state index contributed by atoms with van der Waals surface area (Å²) in [7, 11) is 0. The molecular formula is C29H25NO4. The Balaban J connectivity index is 1.47. The van der Waals surface area contributed by atoms with Gasteiger partial charge in [-0.3, -0.25) is 9.59 Å². The van der Waals surface area contributed by atoms with Crippen molar-refractivity contribution in [2.24, 2.45) is 5.73 Å². The van der Waals surface area contributed by atoms with Crippen molar-refractivity contribution in [1.29, 1.82) is 0 Å². The zero-order chi connectivity index (χ0) is 23.7. The Labute approximate surface area is 197 Å². The van der Waals surface area contributed by atoms with E-state index in [2.05, 4.69) is 24.3 Å². The smallest absolute Gasteiger partial charge is 0.315 e. The molecule has 0 saturated heterocycles. The summed E-state index contributed by atoms with van der Waals surface area (Å²) in [6, 6.07) is 28.7. The molecule has 5 heteroatoms. The van der Waals surface area contributed by atoms with Crippen molar-refractivity contribution in [3.05, 3.63) is 108 Å². The van der Waals surface area contributed by atoms with Crippen LogP contribution in [-0.2, 0) is 14.3 Å². The molecule has 0 bridgehead atoms.